The maximum absolute atomic E-state index is 12.8. The third-order valence-corrected chi connectivity index (χ3v) is 6.51. The Morgan fingerprint density at radius 3 is 2.31 bits per heavy atom. The number of rotatable bonds is 5. The molecule has 1 atom stereocenters. The van der Waals surface area contributed by atoms with Crippen LogP contribution in [0.3, 0.4) is 0 Å². The zero-order chi connectivity index (χ0) is 18.6. The van der Waals surface area contributed by atoms with Crippen LogP contribution in [0.2, 0.25) is 0 Å². The molecule has 1 amide bonds. The van der Waals surface area contributed by atoms with Gasteiger partial charge in [-0.1, -0.05) is 48.5 Å². The van der Waals surface area contributed by atoms with Crippen LogP contribution in [0.4, 0.5) is 0 Å². The minimum atomic E-state index is -2.99. The summed E-state index contributed by atoms with van der Waals surface area (Å²) in [6.07, 6.45) is 0.753. The molecule has 0 aromatic heterocycles. The molecule has 2 aromatic rings. The van der Waals surface area contributed by atoms with E-state index >= 15 is 0 Å². The molecule has 26 heavy (non-hydrogen) atoms. The number of hydrogen-bond donors (Lipinski definition) is 1. The largest absolute Gasteiger partial charge is 0.496 e. The van der Waals surface area contributed by atoms with Gasteiger partial charge in [0.1, 0.15) is 15.6 Å². The van der Waals surface area contributed by atoms with Gasteiger partial charge < -0.3 is 10.1 Å². The van der Waals surface area contributed by atoms with E-state index in [1.165, 1.54) is 0 Å². The summed E-state index contributed by atoms with van der Waals surface area (Å²) < 4.78 is 28.7. The zero-order valence-corrected chi connectivity index (χ0v) is 15.5. The van der Waals surface area contributed by atoms with Crippen LogP contribution in [0.15, 0.2) is 54.6 Å². The van der Waals surface area contributed by atoms with E-state index in [0.29, 0.717) is 18.6 Å². The van der Waals surface area contributed by atoms with Crippen molar-refractivity contribution in [1.82, 2.24) is 5.32 Å². The average molecular weight is 373 g/mol. The number of carbonyl (C=O) groups excluding carboxylic acids is 1. The lowest BCUT2D eigenvalue weighted by Crippen LogP contribution is -2.38. The molecule has 0 aliphatic carbocycles. The molecule has 0 saturated carbocycles. The second kappa shape index (κ2) is 7.91. The van der Waals surface area contributed by atoms with E-state index < -0.39 is 9.84 Å². The molecule has 1 heterocycles. The Morgan fingerprint density at radius 1 is 1.04 bits per heavy atom. The van der Waals surface area contributed by atoms with Crippen molar-refractivity contribution in [3.8, 4) is 5.75 Å². The lowest BCUT2D eigenvalue weighted by atomic mass is 9.95. The highest BCUT2D eigenvalue weighted by atomic mass is 32.2. The van der Waals surface area contributed by atoms with Gasteiger partial charge in [0.2, 0.25) is 5.91 Å². The molecule has 0 bridgehead atoms. The van der Waals surface area contributed by atoms with Crippen LogP contribution in [0.5, 0.6) is 5.75 Å². The third-order valence-electron chi connectivity index (χ3n) is 4.79. The van der Waals surface area contributed by atoms with E-state index in [-0.39, 0.29) is 29.4 Å². The number of hydrogen-bond acceptors (Lipinski definition) is 4. The summed E-state index contributed by atoms with van der Waals surface area (Å²) in [7, 11) is -1.39. The highest BCUT2D eigenvalue weighted by Gasteiger charge is 2.30. The predicted octanol–water partition coefficient (Wildman–Crippen LogP) is 2.73. The lowest BCUT2D eigenvalue weighted by molar-refractivity contribution is -0.125. The highest BCUT2D eigenvalue weighted by Crippen LogP contribution is 2.31. The number of para-hydroxylation sites is 1. The topological polar surface area (TPSA) is 72.5 Å². The minimum Gasteiger partial charge on any atom is -0.496 e. The Hall–Kier alpha value is -2.34. The van der Waals surface area contributed by atoms with Crippen LogP contribution >= 0.6 is 0 Å². The SMILES string of the molecule is COc1ccccc1C(NC(=O)C1CCS(=O)(=O)CC1)c1ccccc1. The molecular weight excluding hydrogens is 350 g/mol. The number of sulfone groups is 1. The van der Waals surface area contributed by atoms with Crippen molar-refractivity contribution < 1.29 is 17.9 Å². The fraction of sp³-hybridized carbons (Fsp3) is 0.350. The molecule has 1 fully saturated rings. The standard InChI is InChI=1S/C20H23NO4S/c1-25-18-10-6-5-9-17(18)19(15-7-3-2-4-8-15)21-20(22)16-11-13-26(23,24)14-12-16/h2-10,16,19H,11-14H2,1H3,(H,21,22). The average Bonchev–Trinajstić information content (AvgIpc) is 2.66. The Labute approximate surface area is 154 Å². The maximum Gasteiger partial charge on any atom is 0.223 e. The first-order chi connectivity index (χ1) is 12.5. The molecule has 3 rings (SSSR count). The summed E-state index contributed by atoms with van der Waals surface area (Å²) >= 11 is 0. The van der Waals surface area contributed by atoms with Crippen molar-refractivity contribution in [2.24, 2.45) is 5.92 Å². The molecular formula is C20H23NO4S. The quantitative estimate of drug-likeness (QED) is 0.875. The van der Waals surface area contributed by atoms with Crippen LogP contribution in [0.1, 0.15) is 30.0 Å². The Kier molecular flexibility index (Phi) is 5.61. The summed E-state index contributed by atoms with van der Waals surface area (Å²) in [5, 5.41) is 3.11. The van der Waals surface area contributed by atoms with Crippen LogP contribution in [-0.4, -0.2) is 32.9 Å². The number of methoxy groups -OCH3 is 1. The molecule has 1 saturated heterocycles. The smallest absolute Gasteiger partial charge is 0.223 e. The fourth-order valence-corrected chi connectivity index (χ4v) is 4.79. The summed E-state index contributed by atoms with van der Waals surface area (Å²) in [6, 6.07) is 17.0. The first kappa shape index (κ1) is 18.5. The van der Waals surface area contributed by atoms with Crippen molar-refractivity contribution in [3.05, 3.63) is 65.7 Å². The molecule has 6 heteroatoms. The fourth-order valence-electron chi connectivity index (χ4n) is 3.30. The van der Waals surface area contributed by atoms with Crippen molar-refractivity contribution >= 4 is 15.7 Å². The van der Waals surface area contributed by atoms with Crippen LogP contribution in [0, 0.1) is 5.92 Å². The van der Waals surface area contributed by atoms with Gasteiger partial charge in [-0.3, -0.25) is 4.79 Å². The van der Waals surface area contributed by atoms with E-state index in [1.807, 2.05) is 54.6 Å². The zero-order valence-electron chi connectivity index (χ0n) is 14.7. The van der Waals surface area contributed by atoms with Crippen LogP contribution in [-0.2, 0) is 14.6 Å². The molecule has 0 spiro atoms. The van der Waals surface area contributed by atoms with Gasteiger partial charge in [-0.15, -0.1) is 0 Å². The predicted molar refractivity (Wildman–Crippen MR) is 101 cm³/mol. The molecule has 1 aliphatic rings. The van der Waals surface area contributed by atoms with Gasteiger partial charge in [0.05, 0.1) is 24.7 Å². The number of ether oxygens (including phenoxy) is 1. The summed E-state index contributed by atoms with van der Waals surface area (Å²) in [4.78, 5) is 12.8. The van der Waals surface area contributed by atoms with Crippen LogP contribution < -0.4 is 10.1 Å². The first-order valence-corrected chi connectivity index (χ1v) is 10.5. The molecule has 1 aliphatic heterocycles. The van der Waals surface area contributed by atoms with Gasteiger partial charge >= 0.3 is 0 Å². The number of nitrogens with one attached hydrogen (secondary N) is 1. The van der Waals surface area contributed by atoms with E-state index in [1.54, 1.807) is 7.11 Å². The van der Waals surface area contributed by atoms with Crippen molar-refractivity contribution in [2.75, 3.05) is 18.6 Å². The third kappa shape index (κ3) is 4.25. The number of benzene rings is 2. The lowest BCUT2D eigenvalue weighted by Gasteiger charge is -2.26. The first-order valence-electron chi connectivity index (χ1n) is 8.69. The molecule has 1 N–H and O–H groups in total. The Bertz CT molecular complexity index is 850. The second-order valence-corrected chi connectivity index (χ2v) is 8.82. The maximum atomic E-state index is 12.8. The summed E-state index contributed by atoms with van der Waals surface area (Å²) in [5.41, 5.74) is 1.83. The minimum absolute atomic E-state index is 0.0791. The second-order valence-electron chi connectivity index (χ2n) is 6.52. The summed E-state index contributed by atoms with van der Waals surface area (Å²) in [6.45, 7) is 0. The summed E-state index contributed by atoms with van der Waals surface area (Å²) in [5.74, 6) is 0.470. The van der Waals surface area contributed by atoms with E-state index in [9.17, 15) is 13.2 Å². The molecule has 5 nitrogen and oxygen atoms in total. The van der Waals surface area contributed by atoms with Crippen molar-refractivity contribution in [2.45, 2.75) is 18.9 Å². The van der Waals surface area contributed by atoms with Crippen LogP contribution in [0.25, 0.3) is 0 Å². The van der Waals surface area contributed by atoms with Gasteiger partial charge in [-0.25, -0.2) is 8.42 Å². The Morgan fingerprint density at radius 2 is 1.65 bits per heavy atom. The van der Waals surface area contributed by atoms with E-state index in [2.05, 4.69) is 5.32 Å². The van der Waals surface area contributed by atoms with Crippen molar-refractivity contribution in [1.29, 1.82) is 0 Å². The highest BCUT2D eigenvalue weighted by molar-refractivity contribution is 7.91. The van der Waals surface area contributed by atoms with Crippen molar-refractivity contribution in [3.63, 3.8) is 0 Å². The number of carbonyl (C=O) groups is 1. The number of amides is 1. The van der Waals surface area contributed by atoms with Gasteiger partial charge in [-0.05, 0) is 24.5 Å². The molecule has 0 radical (unpaired) electrons. The monoisotopic (exact) mass is 373 g/mol. The molecule has 138 valence electrons. The van der Waals surface area contributed by atoms with Gasteiger partial charge in [-0.2, -0.15) is 0 Å². The normalized spacial score (nSPS) is 18.0. The van der Waals surface area contributed by atoms with Gasteiger partial charge in [0.15, 0.2) is 0 Å². The molecule has 1 unspecified atom stereocenters. The Balaban J connectivity index is 1.86. The van der Waals surface area contributed by atoms with Gasteiger partial charge in [0, 0.05) is 11.5 Å². The van der Waals surface area contributed by atoms with E-state index in [0.717, 1.165) is 11.1 Å². The van der Waals surface area contributed by atoms with Gasteiger partial charge in [0.25, 0.3) is 0 Å². The van der Waals surface area contributed by atoms with E-state index in [4.69, 9.17) is 4.74 Å². The molecule has 2 aromatic carbocycles.